The van der Waals surface area contributed by atoms with Crippen molar-refractivity contribution in [3.05, 3.63) is 35.9 Å². The first-order valence-corrected chi connectivity index (χ1v) is 4.56. The highest BCUT2D eigenvalue weighted by Gasteiger charge is 1.85. The van der Waals surface area contributed by atoms with Gasteiger partial charge in [-0.3, -0.25) is 0 Å². The van der Waals surface area contributed by atoms with Gasteiger partial charge in [-0.15, -0.1) is 0 Å². The molecule has 0 unspecified atom stereocenters. The molecule has 0 amide bonds. The van der Waals surface area contributed by atoms with E-state index in [-0.39, 0.29) is 11.0 Å². The summed E-state index contributed by atoms with van der Waals surface area (Å²) in [6, 6.07) is 8.06. The molecule has 4 heteroatoms. The lowest BCUT2D eigenvalue weighted by atomic mass is 10.2. The van der Waals surface area contributed by atoms with Crippen LogP contribution in [-0.4, -0.2) is 19.2 Å². The summed E-state index contributed by atoms with van der Waals surface area (Å²) in [5.74, 6) is -1.13. The van der Waals surface area contributed by atoms with Crippen molar-refractivity contribution >= 4 is 5.97 Å². The summed E-state index contributed by atoms with van der Waals surface area (Å²) in [4.78, 5) is 10.1. The topological polar surface area (TPSA) is 77.9 Å². The molecular formula is C11H15O4-3. The monoisotopic (exact) mass is 211 g/mol. The number of benzene rings is 1. The zero-order valence-corrected chi connectivity index (χ0v) is 8.93. The molecule has 4 nitrogen and oxygen atoms in total. The number of carbonyl (C=O) groups is 1. The zero-order valence-electron chi connectivity index (χ0n) is 8.93. The van der Waals surface area contributed by atoms with Gasteiger partial charge in [-0.1, -0.05) is 30.3 Å². The lowest BCUT2D eigenvalue weighted by Crippen LogP contribution is -2.21. The molecule has 1 aromatic carbocycles. The number of hydrogen-bond donors (Lipinski definition) is 0. The van der Waals surface area contributed by atoms with Crippen LogP contribution >= 0.6 is 0 Å². The van der Waals surface area contributed by atoms with E-state index >= 15 is 0 Å². The second-order valence-corrected chi connectivity index (χ2v) is 2.43. The van der Waals surface area contributed by atoms with Crippen LogP contribution in [0.5, 0.6) is 0 Å². The largest absolute Gasteiger partial charge is 2.00 e. The molecule has 0 saturated carbocycles. The van der Waals surface area contributed by atoms with Crippen molar-refractivity contribution in [3.63, 3.8) is 0 Å². The van der Waals surface area contributed by atoms with E-state index in [0.717, 1.165) is 13.2 Å². The average Bonchev–Trinajstić information content (AvgIpc) is 2.21. The van der Waals surface area contributed by atoms with Crippen LogP contribution in [0.2, 0.25) is 0 Å². The normalized spacial score (nSPS) is 8.13. The maximum Gasteiger partial charge on any atom is 0.0715 e. The van der Waals surface area contributed by atoms with Gasteiger partial charge in [-0.25, -0.2) is 0 Å². The van der Waals surface area contributed by atoms with Gasteiger partial charge in [-0.05, 0) is 19.4 Å². The van der Waals surface area contributed by atoms with Crippen LogP contribution in [0.3, 0.4) is 0 Å². The number of carboxylic acids is 1. The zero-order chi connectivity index (χ0) is 10.8. The molecule has 0 bridgehead atoms. The van der Waals surface area contributed by atoms with Crippen molar-refractivity contribution in [2.75, 3.05) is 13.2 Å². The predicted octanol–water partition coefficient (Wildman–Crippen LogP) is 0.974. The van der Waals surface area contributed by atoms with Crippen molar-refractivity contribution in [1.82, 2.24) is 0 Å². The summed E-state index contributed by atoms with van der Waals surface area (Å²) in [7, 11) is 0. The molecule has 1 rings (SSSR count). The third-order valence-corrected chi connectivity index (χ3v) is 1.42. The number of rotatable bonds is 3. The highest BCUT2D eigenvalue weighted by Crippen LogP contribution is 1.94. The molecule has 0 aliphatic heterocycles. The molecule has 0 aliphatic rings. The molecule has 0 spiro atoms. The average molecular weight is 211 g/mol. The smallest absolute Gasteiger partial charge is 0.0715 e. The van der Waals surface area contributed by atoms with Crippen molar-refractivity contribution < 1.29 is 20.1 Å². The van der Waals surface area contributed by atoms with Crippen LogP contribution in [0, 0.1) is 0 Å². The van der Waals surface area contributed by atoms with Gasteiger partial charge in [0.15, 0.2) is 0 Å². The molecule has 0 atom stereocenters. The van der Waals surface area contributed by atoms with Crippen LogP contribution in [0.1, 0.15) is 24.2 Å². The molecule has 0 N–H and O–H groups in total. The van der Waals surface area contributed by atoms with Crippen LogP contribution in [-0.2, 0) is 10.2 Å². The van der Waals surface area contributed by atoms with Crippen molar-refractivity contribution in [2.45, 2.75) is 13.8 Å². The second kappa shape index (κ2) is 10.7. The SMILES string of the molecule is CCOCC.O=C([O-])c1ccccc1.[O-2]. The van der Waals surface area contributed by atoms with Gasteiger partial charge in [0, 0.05) is 13.2 Å². The Morgan fingerprint density at radius 3 is 1.87 bits per heavy atom. The Balaban J connectivity index is 0. The van der Waals surface area contributed by atoms with Gasteiger partial charge in [0.25, 0.3) is 0 Å². The summed E-state index contributed by atoms with van der Waals surface area (Å²) in [5.41, 5.74) is 0.220. The number of ether oxygens (including phenoxy) is 1. The number of aromatic carboxylic acids is 1. The Bertz CT molecular complexity index is 244. The molecule has 0 heterocycles. The number of carbonyl (C=O) groups excluding carboxylic acids is 1. The quantitative estimate of drug-likeness (QED) is 0.747. The van der Waals surface area contributed by atoms with Gasteiger partial charge in [-0.2, -0.15) is 0 Å². The number of carboxylic acid groups (broad SMARTS) is 1. The molecular weight excluding hydrogens is 196 g/mol. The molecule has 0 fully saturated rings. The van der Waals surface area contributed by atoms with E-state index in [9.17, 15) is 9.90 Å². The third-order valence-electron chi connectivity index (χ3n) is 1.42. The molecule has 0 aromatic heterocycles. The molecule has 86 valence electrons. The van der Waals surface area contributed by atoms with Gasteiger partial charge >= 0.3 is 0 Å². The standard InChI is InChI=1S/C7H6O2.C4H10O.O/c8-7(9)6-4-2-1-3-5-6;1-3-5-4-2;/h1-5H,(H,8,9);3-4H2,1-2H3;/q;;-2/p-1. The Morgan fingerprint density at radius 1 is 1.20 bits per heavy atom. The first-order chi connectivity index (χ1) is 6.72. The fourth-order valence-electron chi connectivity index (χ4n) is 0.778. The summed E-state index contributed by atoms with van der Waals surface area (Å²) in [6.07, 6.45) is 0. The summed E-state index contributed by atoms with van der Waals surface area (Å²) >= 11 is 0. The van der Waals surface area contributed by atoms with E-state index < -0.39 is 5.97 Å². The Morgan fingerprint density at radius 2 is 1.67 bits per heavy atom. The maximum atomic E-state index is 10.1. The van der Waals surface area contributed by atoms with Crippen LogP contribution in [0.15, 0.2) is 30.3 Å². The van der Waals surface area contributed by atoms with E-state index in [0.29, 0.717) is 0 Å². The first-order valence-electron chi connectivity index (χ1n) is 4.56. The van der Waals surface area contributed by atoms with E-state index in [2.05, 4.69) is 0 Å². The summed E-state index contributed by atoms with van der Waals surface area (Å²) < 4.78 is 4.83. The second-order valence-electron chi connectivity index (χ2n) is 2.43. The van der Waals surface area contributed by atoms with E-state index in [1.807, 2.05) is 13.8 Å². The number of hydrogen-bond acceptors (Lipinski definition) is 3. The van der Waals surface area contributed by atoms with Gasteiger partial charge in [0.2, 0.25) is 0 Å². The van der Waals surface area contributed by atoms with E-state index in [1.165, 1.54) is 12.1 Å². The Hall–Kier alpha value is -1.39. The van der Waals surface area contributed by atoms with Crippen LogP contribution < -0.4 is 5.11 Å². The van der Waals surface area contributed by atoms with E-state index in [4.69, 9.17) is 4.74 Å². The van der Waals surface area contributed by atoms with Crippen LogP contribution in [0.4, 0.5) is 0 Å². The minimum atomic E-state index is -1.13. The van der Waals surface area contributed by atoms with Gasteiger partial charge in [0.1, 0.15) is 0 Å². The highest BCUT2D eigenvalue weighted by atomic mass is 16.5. The third kappa shape index (κ3) is 8.93. The van der Waals surface area contributed by atoms with Crippen molar-refractivity contribution in [1.29, 1.82) is 0 Å². The summed E-state index contributed by atoms with van der Waals surface area (Å²) in [5, 5.41) is 10.1. The molecule has 15 heavy (non-hydrogen) atoms. The highest BCUT2D eigenvalue weighted by molar-refractivity contribution is 5.85. The maximum absolute atomic E-state index is 10.1. The van der Waals surface area contributed by atoms with Crippen molar-refractivity contribution in [2.24, 2.45) is 0 Å². The van der Waals surface area contributed by atoms with Crippen LogP contribution in [0.25, 0.3) is 0 Å². The molecule has 0 aliphatic carbocycles. The minimum Gasteiger partial charge on any atom is -2.00 e. The summed E-state index contributed by atoms with van der Waals surface area (Å²) in [6.45, 7) is 5.67. The lowest BCUT2D eigenvalue weighted by molar-refractivity contribution is -0.255. The molecule has 0 radical (unpaired) electrons. The fraction of sp³-hybridized carbons (Fsp3) is 0.364. The van der Waals surface area contributed by atoms with E-state index in [1.54, 1.807) is 18.2 Å². The van der Waals surface area contributed by atoms with Crippen molar-refractivity contribution in [3.8, 4) is 0 Å². The Labute approximate surface area is 89.8 Å². The van der Waals surface area contributed by atoms with Gasteiger partial charge in [0.05, 0.1) is 5.97 Å². The molecule has 0 saturated heterocycles. The molecule has 1 aromatic rings. The Kier molecular flexibility index (Phi) is 11.4. The lowest BCUT2D eigenvalue weighted by Gasteiger charge is -2.00. The first kappa shape index (κ1) is 16.1. The van der Waals surface area contributed by atoms with Gasteiger partial charge < -0.3 is 20.1 Å². The predicted molar refractivity (Wildman–Crippen MR) is 53.6 cm³/mol. The fourth-order valence-corrected chi connectivity index (χ4v) is 0.778. The minimum absolute atomic E-state index is 0.